The summed E-state index contributed by atoms with van der Waals surface area (Å²) in [6.07, 6.45) is -0.321. The van der Waals surface area contributed by atoms with Gasteiger partial charge in [0, 0.05) is 7.05 Å². The van der Waals surface area contributed by atoms with Gasteiger partial charge >= 0.3 is 5.97 Å². The van der Waals surface area contributed by atoms with Gasteiger partial charge in [0.1, 0.15) is 12.3 Å². The lowest BCUT2D eigenvalue weighted by Gasteiger charge is -2.22. The van der Waals surface area contributed by atoms with Crippen molar-refractivity contribution in [3.63, 3.8) is 0 Å². The molecule has 19 heavy (non-hydrogen) atoms. The van der Waals surface area contributed by atoms with E-state index in [1.54, 1.807) is 31.2 Å². The zero-order chi connectivity index (χ0) is 14.4. The molecule has 0 aliphatic rings. The van der Waals surface area contributed by atoms with Crippen LogP contribution >= 0.6 is 11.6 Å². The van der Waals surface area contributed by atoms with Crippen molar-refractivity contribution in [1.82, 2.24) is 4.90 Å². The summed E-state index contributed by atoms with van der Waals surface area (Å²) in [5.74, 6) is -1.04. The predicted molar refractivity (Wildman–Crippen MR) is 71.4 cm³/mol. The summed E-state index contributed by atoms with van der Waals surface area (Å²) in [7, 11) is 1.43. The van der Waals surface area contributed by atoms with Crippen LogP contribution in [-0.4, -0.2) is 41.6 Å². The molecular formula is C13H16ClNO4. The van der Waals surface area contributed by atoms with E-state index >= 15 is 0 Å². The fourth-order valence-electron chi connectivity index (χ4n) is 1.53. The molecule has 0 spiro atoms. The second kappa shape index (κ2) is 6.99. The predicted octanol–water partition coefficient (Wildman–Crippen LogP) is 2.04. The Morgan fingerprint density at radius 3 is 2.58 bits per heavy atom. The number of para-hydroxylation sites is 1. The summed E-state index contributed by atoms with van der Waals surface area (Å²) in [4.78, 5) is 23.7. The highest BCUT2D eigenvalue weighted by molar-refractivity contribution is 6.32. The first-order chi connectivity index (χ1) is 8.95. The molecule has 104 valence electrons. The third kappa shape index (κ3) is 4.44. The number of ether oxygens (including phenoxy) is 1. The highest BCUT2D eigenvalue weighted by Crippen LogP contribution is 2.25. The van der Waals surface area contributed by atoms with Crippen molar-refractivity contribution in [2.45, 2.75) is 19.4 Å². The smallest absolute Gasteiger partial charge is 0.323 e. The molecule has 1 aromatic rings. The topological polar surface area (TPSA) is 66.8 Å². The second-order valence-corrected chi connectivity index (χ2v) is 4.44. The van der Waals surface area contributed by atoms with Gasteiger partial charge < -0.3 is 14.7 Å². The molecule has 1 N–H and O–H groups in total. The molecule has 5 nitrogen and oxygen atoms in total. The average Bonchev–Trinajstić information content (AvgIpc) is 2.36. The molecule has 0 aliphatic carbocycles. The van der Waals surface area contributed by atoms with Crippen LogP contribution in [0.4, 0.5) is 0 Å². The van der Waals surface area contributed by atoms with E-state index in [1.165, 1.54) is 7.05 Å². The summed E-state index contributed by atoms with van der Waals surface area (Å²) in [5, 5.41) is 9.08. The Balaban J connectivity index is 2.75. The van der Waals surface area contributed by atoms with Crippen LogP contribution in [0.25, 0.3) is 0 Å². The zero-order valence-corrected chi connectivity index (χ0v) is 11.6. The highest BCUT2D eigenvalue weighted by Gasteiger charge is 2.24. The molecule has 1 aromatic carbocycles. The van der Waals surface area contributed by atoms with Crippen LogP contribution < -0.4 is 4.74 Å². The van der Waals surface area contributed by atoms with Crippen LogP contribution in [0.3, 0.4) is 0 Å². The number of halogens is 1. The number of nitrogens with zero attached hydrogens (tertiary/aromatic N) is 1. The van der Waals surface area contributed by atoms with Gasteiger partial charge in [-0.15, -0.1) is 0 Å². The minimum Gasteiger partial charge on any atom is -0.480 e. The largest absolute Gasteiger partial charge is 0.480 e. The number of carbonyl (C=O) groups excluding carboxylic acids is 1. The van der Waals surface area contributed by atoms with Gasteiger partial charge in [0.15, 0.2) is 6.10 Å². The number of amides is 1. The van der Waals surface area contributed by atoms with Gasteiger partial charge in [0.05, 0.1) is 5.02 Å². The molecule has 6 heteroatoms. The van der Waals surface area contributed by atoms with Crippen LogP contribution in [0.2, 0.25) is 5.02 Å². The summed E-state index contributed by atoms with van der Waals surface area (Å²) < 4.78 is 5.54. The minimum atomic E-state index is -1.07. The maximum atomic E-state index is 12.0. The summed E-state index contributed by atoms with van der Waals surface area (Å²) in [5.41, 5.74) is 0. The lowest BCUT2D eigenvalue weighted by Crippen LogP contribution is -2.41. The quantitative estimate of drug-likeness (QED) is 0.868. The van der Waals surface area contributed by atoms with E-state index in [1.807, 2.05) is 0 Å². The van der Waals surface area contributed by atoms with Gasteiger partial charge in [0.25, 0.3) is 5.91 Å². The van der Waals surface area contributed by atoms with Crippen molar-refractivity contribution >= 4 is 23.5 Å². The van der Waals surface area contributed by atoms with Gasteiger partial charge in [-0.05, 0) is 18.6 Å². The van der Waals surface area contributed by atoms with E-state index in [0.29, 0.717) is 17.2 Å². The van der Waals surface area contributed by atoms with Gasteiger partial charge in [-0.2, -0.15) is 0 Å². The maximum Gasteiger partial charge on any atom is 0.323 e. The molecule has 0 fully saturated rings. The van der Waals surface area contributed by atoms with Crippen LogP contribution in [-0.2, 0) is 9.59 Å². The van der Waals surface area contributed by atoms with Crippen LogP contribution in [0, 0.1) is 0 Å². The lowest BCUT2D eigenvalue weighted by atomic mass is 10.2. The van der Waals surface area contributed by atoms with Crippen molar-refractivity contribution in [2.75, 3.05) is 13.6 Å². The van der Waals surface area contributed by atoms with Crippen molar-refractivity contribution in [2.24, 2.45) is 0 Å². The molecule has 0 radical (unpaired) electrons. The SMILES string of the molecule is CCC(Oc1ccccc1Cl)C(=O)N(C)CC(=O)O. The van der Waals surface area contributed by atoms with Crippen molar-refractivity contribution < 1.29 is 19.4 Å². The Morgan fingerprint density at radius 1 is 1.42 bits per heavy atom. The van der Waals surface area contributed by atoms with Crippen LogP contribution in [0.15, 0.2) is 24.3 Å². The third-order valence-electron chi connectivity index (χ3n) is 2.50. The molecule has 1 unspecified atom stereocenters. The molecule has 0 saturated carbocycles. The number of carboxylic acid groups (broad SMARTS) is 1. The van der Waals surface area contributed by atoms with Crippen LogP contribution in [0.1, 0.15) is 13.3 Å². The average molecular weight is 286 g/mol. The zero-order valence-electron chi connectivity index (χ0n) is 10.8. The van der Waals surface area contributed by atoms with Crippen molar-refractivity contribution in [3.8, 4) is 5.75 Å². The molecule has 0 bridgehead atoms. The minimum absolute atomic E-state index is 0.360. The van der Waals surface area contributed by atoms with Gasteiger partial charge in [-0.25, -0.2) is 0 Å². The number of hydrogen-bond donors (Lipinski definition) is 1. The first-order valence-electron chi connectivity index (χ1n) is 5.83. The van der Waals surface area contributed by atoms with Crippen LogP contribution in [0.5, 0.6) is 5.75 Å². The molecule has 0 aliphatic heterocycles. The van der Waals surface area contributed by atoms with E-state index < -0.39 is 12.1 Å². The number of aliphatic carboxylic acids is 1. The second-order valence-electron chi connectivity index (χ2n) is 4.03. The summed E-state index contributed by atoms with van der Waals surface area (Å²) >= 11 is 5.95. The Hall–Kier alpha value is -1.75. The number of carboxylic acids is 1. The first-order valence-corrected chi connectivity index (χ1v) is 6.21. The fraction of sp³-hybridized carbons (Fsp3) is 0.385. The standard InChI is InChI=1S/C13H16ClNO4/c1-3-10(13(18)15(2)8-12(16)17)19-11-7-5-4-6-9(11)14/h4-7,10H,3,8H2,1-2H3,(H,16,17). The van der Waals surface area contributed by atoms with E-state index in [0.717, 1.165) is 4.90 Å². The summed E-state index contributed by atoms with van der Waals surface area (Å²) in [6.45, 7) is 1.43. The molecule has 1 amide bonds. The Bertz CT molecular complexity index is 464. The molecule has 0 aromatic heterocycles. The van der Waals surface area contributed by atoms with E-state index in [9.17, 15) is 9.59 Å². The number of likely N-dealkylation sites (N-methyl/N-ethyl adjacent to an activating group) is 1. The highest BCUT2D eigenvalue weighted by atomic mass is 35.5. The fourth-order valence-corrected chi connectivity index (χ4v) is 1.71. The summed E-state index contributed by atoms with van der Waals surface area (Å²) in [6, 6.07) is 6.83. The number of rotatable bonds is 6. The number of hydrogen-bond acceptors (Lipinski definition) is 3. The first kappa shape index (κ1) is 15.3. The van der Waals surface area contributed by atoms with Crippen molar-refractivity contribution in [1.29, 1.82) is 0 Å². The Kier molecular flexibility index (Phi) is 5.63. The number of benzene rings is 1. The Morgan fingerprint density at radius 2 is 2.05 bits per heavy atom. The maximum absolute atomic E-state index is 12.0. The van der Waals surface area contributed by atoms with Gasteiger partial charge in [-0.1, -0.05) is 30.7 Å². The third-order valence-corrected chi connectivity index (χ3v) is 2.81. The molecule has 1 atom stereocenters. The Labute approximate surface area is 116 Å². The normalized spacial score (nSPS) is 11.7. The van der Waals surface area contributed by atoms with E-state index in [4.69, 9.17) is 21.4 Å². The molecule has 1 rings (SSSR count). The van der Waals surface area contributed by atoms with E-state index in [2.05, 4.69) is 0 Å². The molecule has 0 heterocycles. The van der Waals surface area contributed by atoms with Gasteiger partial charge in [0.2, 0.25) is 0 Å². The van der Waals surface area contributed by atoms with Gasteiger partial charge in [-0.3, -0.25) is 9.59 Å². The monoisotopic (exact) mass is 285 g/mol. The number of carbonyl (C=O) groups is 2. The van der Waals surface area contributed by atoms with E-state index in [-0.39, 0.29) is 12.5 Å². The molecular weight excluding hydrogens is 270 g/mol. The molecule has 0 saturated heterocycles. The van der Waals surface area contributed by atoms with Crippen molar-refractivity contribution in [3.05, 3.63) is 29.3 Å². The lowest BCUT2D eigenvalue weighted by molar-refractivity contribution is -0.146.